The van der Waals surface area contributed by atoms with Gasteiger partial charge in [-0.3, -0.25) is 4.98 Å². The average molecular weight is 776 g/mol. The van der Waals surface area contributed by atoms with Crippen LogP contribution in [0.2, 0.25) is 0 Å². The second-order valence-electron chi connectivity index (χ2n) is 15.0. The minimum Gasteiger partial charge on any atom is -0.320 e. The highest BCUT2D eigenvalue weighted by Crippen LogP contribution is 2.42. The maximum absolute atomic E-state index is 12.6. The van der Waals surface area contributed by atoms with Gasteiger partial charge < -0.3 is 9.13 Å². The molecule has 0 N–H and O–H groups in total. The Bertz CT molecular complexity index is 3100. The van der Waals surface area contributed by atoms with Crippen LogP contribution in [0.15, 0.2) is 137 Å². The second kappa shape index (κ2) is 12.8. The van der Waals surface area contributed by atoms with E-state index in [9.17, 15) is 16.8 Å². The molecule has 0 amide bonds. The van der Waals surface area contributed by atoms with Crippen LogP contribution in [-0.2, 0) is 32.5 Å². The zero-order chi connectivity index (χ0) is 38.3. The number of hydrogen-bond acceptors (Lipinski definition) is 7. The first-order valence-electron chi connectivity index (χ1n) is 18.7. The topological polar surface area (TPSA) is 117 Å². The molecule has 10 rings (SSSR count). The minimum absolute atomic E-state index is 0.0768. The molecule has 8 aromatic rings. The molecule has 278 valence electrons. The van der Waals surface area contributed by atoms with Gasteiger partial charge in [0.2, 0.25) is 0 Å². The number of imidazole rings is 2. The number of benzene rings is 5. The molecule has 0 saturated heterocycles. The minimum atomic E-state index is -3.40. The smallest absolute Gasteiger partial charge is 0.177 e. The molecule has 2 atom stereocenters. The average Bonchev–Trinajstić information content (AvgIpc) is 3.98. The van der Waals surface area contributed by atoms with Crippen molar-refractivity contribution in [3.63, 3.8) is 0 Å². The molecule has 5 heterocycles. The first kappa shape index (κ1) is 34.6. The summed E-state index contributed by atoms with van der Waals surface area (Å²) in [5, 5.41) is 0. The number of pyridine rings is 1. The summed E-state index contributed by atoms with van der Waals surface area (Å²) in [6.45, 7) is 0. The van der Waals surface area contributed by atoms with Crippen LogP contribution >= 0.6 is 0 Å². The molecule has 2 aliphatic rings. The first-order valence-corrected chi connectivity index (χ1v) is 22.4. The number of aryl methyl sites for hydroxylation is 2. The Hall–Kier alpha value is -5.91. The van der Waals surface area contributed by atoms with Crippen molar-refractivity contribution in [1.29, 1.82) is 0 Å². The van der Waals surface area contributed by atoms with Gasteiger partial charge in [-0.25, -0.2) is 26.8 Å². The van der Waals surface area contributed by atoms with E-state index < -0.39 is 19.7 Å². The van der Waals surface area contributed by atoms with Crippen LogP contribution in [0.1, 0.15) is 47.7 Å². The summed E-state index contributed by atoms with van der Waals surface area (Å²) in [5.74, 6) is 2.08. The van der Waals surface area contributed by atoms with Gasteiger partial charge in [0.15, 0.2) is 19.7 Å². The summed E-state index contributed by atoms with van der Waals surface area (Å²) in [4.78, 5) is 14.9. The van der Waals surface area contributed by atoms with Gasteiger partial charge in [0.25, 0.3) is 0 Å². The van der Waals surface area contributed by atoms with Gasteiger partial charge in [-0.15, -0.1) is 0 Å². The van der Waals surface area contributed by atoms with Crippen molar-refractivity contribution in [2.75, 3.05) is 12.5 Å². The molecule has 0 fully saturated rings. The quantitative estimate of drug-likeness (QED) is 0.159. The van der Waals surface area contributed by atoms with E-state index in [-0.39, 0.29) is 21.9 Å². The zero-order valence-electron chi connectivity index (χ0n) is 30.8. The molecule has 2 aliphatic heterocycles. The van der Waals surface area contributed by atoms with E-state index in [1.54, 1.807) is 30.5 Å². The standard InChI is InChI=1S/C45H37N5O4S2/c1-55(51,52)35-10-6-9-31(21-35)33-23-37(45-42(25-33)50-39(18-20-44(50)48-45)29-7-4-3-5-8-29)28-11-13-30(14-12-28)40-17-19-43-47-38-16-15-32(24-41(38)49(40)43)34-22-36(27-46-26-34)56(2,53)54/h3-16,21-27,39-40H,17-20H2,1-2H3. The predicted octanol–water partition coefficient (Wildman–Crippen LogP) is 8.66. The van der Waals surface area contributed by atoms with Crippen molar-refractivity contribution in [3.8, 4) is 33.4 Å². The molecule has 2 unspecified atom stereocenters. The van der Waals surface area contributed by atoms with Crippen LogP contribution < -0.4 is 0 Å². The molecular weight excluding hydrogens is 739 g/mol. The molecule has 56 heavy (non-hydrogen) atoms. The zero-order valence-corrected chi connectivity index (χ0v) is 32.4. The van der Waals surface area contributed by atoms with E-state index in [1.165, 1.54) is 29.8 Å². The van der Waals surface area contributed by atoms with Gasteiger partial charge in [0.05, 0.1) is 43.9 Å². The number of fused-ring (bicyclic) bond motifs is 6. The van der Waals surface area contributed by atoms with Crippen molar-refractivity contribution < 1.29 is 16.8 Å². The van der Waals surface area contributed by atoms with Crippen LogP contribution in [0.3, 0.4) is 0 Å². The maximum Gasteiger partial charge on any atom is 0.177 e. The Morgan fingerprint density at radius 3 is 1.89 bits per heavy atom. The van der Waals surface area contributed by atoms with E-state index in [0.717, 1.165) is 92.8 Å². The SMILES string of the molecule is CS(=O)(=O)c1cccc(-c2cc(-c3ccc(C4CCc5nc6ccc(-c7cncc(S(C)(=O)=O)c7)cc6n54)cc3)c3nc4n(c3c2)C(c2ccccc2)CC4)c1. The fraction of sp³-hybridized carbons (Fsp3) is 0.178. The lowest BCUT2D eigenvalue weighted by Crippen LogP contribution is -2.06. The summed E-state index contributed by atoms with van der Waals surface area (Å²) in [5.41, 5.74) is 11.7. The Morgan fingerprint density at radius 2 is 1.16 bits per heavy atom. The van der Waals surface area contributed by atoms with Crippen molar-refractivity contribution in [2.24, 2.45) is 0 Å². The van der Waals surface area contributed by atoms with Gasteiger partial charge in [-0.1, -0.05) is 72.8 Å². The normalized spacial score (nSPS) is 16.8. The Morgan fingerprint density at radius 1 is 0.536 bits per heavy atom. The van der Waals surface area contributed by atoms with Crippen molar-refractivity contribution in [2.45, 2.75) is 47.6 Å². The Labute approximate surface area is 325 Å². The summed E-state index contributed by atoms with van der Waals surface area (Å²) in [6.07, 6.45) is 9.11. The fourth-order valence-corrected chi connectivity index (χ4v) is 9.93. The van der Waals surface area contributed by atoms with E-state index in [4.69, 9.17) is 9.97 Å². The van der Waals surface area contributed by atoms with Crippen LogP contribution in [0.5, 0.6) is 0 Å². The number of nitrogens with zero attached hydrogens (tertiary/aromatic N) is 5. The number of aromatic nitrogens is 5. The lowest BCUT2D eigenvalue weighted by molar-refractivity contribution is 0.600. The third-order valence-electron chi connectivity index (χ3n) is 11.4. The third-order valence-corrected chi connectivity index (χ3v) is 13.6. The maximum atomic E-state index is 12.6. The van der Waals surface area contributed by atoms with Crippen LogP contribution in [-0.4, -0.2) is 53.4 Å². The number of rotatable bonds is 7. The summed E-state index contributed by atoms with van der Waals surface area (Å²) >= 11 is 0. The van der Waals surface area contributed by atoms with E-state index in [0.29, 0.717) is 0 Å². The molecular formula is C45H37N5O4S2. The highest BCUT2D eigenvalue weighted by Gasteiger charge is 2.30. The van der Waals surface area contributed by atoms with Crippen molar-refractivity contribution in [1.82, 2.24) is 24.1 Å². The van der Waals surface area contributed by atoms with Gasteiger partial charge >= 0.3 is 0 Å². The Balaban J connectivity index is 1.07. The van der Waals surface area contributed by atoms with Crippen molar-refractivity contribution in [3.05, 3.63) is 150 Å². The van der Waals surface area contributed by atoms with E-state index >= 15 is 0 Å². The number of sulfone groups is 2. The molecule has 0 bridgehead atoms. The lowest BCUT2D eigenvalue weighted by atomic mass is 9.95. The summed E-state index contributed by atoms with van der Waals surface area (Å²) in [7, 11) is -6.80. The van der Waals surface area contributed by atoms with Gasteiger partial charge in [0.1, 0.15) is 11.6 Å². The molecule has 11 heteroatoms. The van der Waals surface area contributed by atoms with Crippen LogP contribution in [0, 0.1) is 0 Å². The Kier molecular flexibility index (Phi) is 7.92. The van der Waals surface area contributed by atoms with E-state index in [2.05, 4.69) is 80.8 Å². The summed E-state index contributed by atoms with van der Waals surface area (Å²) in [6, 6.07) is 38.7. The summed E-state index contributed by atoms with van der Waals surface area (Å²) < 4.78 is 54.4. The van der Waals surface area contributed by atoms with Gasteiger partial charge in [-0.2, -0.15) is 0 Å². The molecule has 5 aromatic carbocycles. The second-order valence-corrected chi connectivity index (χ2v) is 19.0. The lowest BCUT2D eigenvalue weighted by Gasteiger charge is -2.17. The predicted molar refractivity (Wildman–Crippen MR) is 219 cm³/mol. The first-order chi connectivity index (χ1) is 27.0. The van der Waals surface area contributed by atoms with Crippen LogP contribution in [0.4, 0.5) is 0 Å². The highest BCUT2D eigenvalue weighted by atomic mass is 32.2. The van der Waals surface area contributed by atoms with Crippen molar-refractivity contribution >= 4 is 41.7 Å². The molecule has 0 radical (unpaired) electrons. The molecule has 0 spiro atoms. The third kappa shape index (κ3) is 5.84. The molecule has 0 saturated carbocycles. The fourth-order valence-electron chi connectivity index (χ4n) is 8.67. The van der Waals surface area contributed by atoms with E-state index in [1.807, 2.05) is 24.3 Å². The monoisotopic (exact) mass is 775 g/mol. The largest absolute Gasteiger partial charge is 0.320 e. The van der Waals surface area contributed by atoms with Gasteiger partial charge in [-0.05, 0) is 88.7 Å². The molecule has 3 aromatic heterocycles. The highest BCUT2D eigenvalue weighted by molar-refractivity contribution is 7.91. The van der Waals surface area contributed by atoms with Crippen LogP contribution in [0.25, 0.3) is 55.4 Å². The van der Waals surface area contributed by atoms with Gasteiger partial charge in [0, 0.05) is 48.9 Å². The molecule has 9 nitrogen and oxygen atoms in total. The molecule has 0 aliphatic carbocycles. The number of hydrogen-bond donors (Lipinski definition) is 0.